The highest BCUT2D eigenvalue weighted by atomic mass is 127. The quantitative estimate of drug-likeness (QED) is 0.307. The Kier molecular flexibility index (Phi) is 6.37. The van der Waals surface area contributed by atoms with Gasteiger partial charge in [-0.25, -0.2) is 4.79 Å². The van der Waals surface area contributed by atoms with Crippen molar-refractivity contribution in [1.82, 2.24) is 15.5 Å². The number of nitrogens with zero attached hydrogens (tertiary/aromatic N) is 1. The number of hydrogen-bond acceptors (Lipinski definition) is 6. The van der Waals surface area contributed by atoms with Crippen LogP contribution in [0.15, 0.2) is 12.1 Å². The maximum Gasteiger partial charge on any atom is 0.407 e. The van der Waals surface area contributed by atoms with Gasteiger partial charge in [-0.3, -0.25) is 19.7 Å². The van der Waals surface area contributed by atoms with E-state index in [1.165, 1.54) is 4.90 Å². The topological polar surface area (TPSA) is 117 Å². The van der Waals surface area contributed by atoms with Gasteiger partial charge in [0.05, 0.1) is 6.61 Å². The van der Waals surface area contributed by atoms with Gasteiger partial charge in [-0.1, -0.05) is 0 Å². The highest BCUT2D eigenvalue weighted by Crippen LogP contribution is 2.32. The molecule has 1 aromatic carbocycles. The van der Waals surface area contributed by atoms with Gasteiger partial charge in [0.2, 0.25) is 11.8 Å². The van der Waals surface area contributed by atoms with Gasteiger partial charge in [0.15, 0.2) is 0 Å². The minimum Gasteiger partial charge on any atom is -0.450 e. The van der Waals surface area contributed by atoms with E-state index in [0.717, 1.165) is 14.8 Å². The van der Waals surface area contributed by atoms with Gasteiger partial charge in [0.25, 0.3) is 5.91 Å². The van der Waals surface area contributed by atoms with Crippen LogP contribution in [0.4, 0.5) is 10.5 Å². The number of benzene rings is 1. The molecule has 2 aliphatic heterocycles. The number of anilines is 1. The van der Waals surface area contributed by atoms with Crippen molar-refractivity contribution < 1.29 is 23.9 Å². The third-order valence-electron chi connectivity index (χ3n) is 4.60. The number of carbonyl (C=O) groups is 4. The molecule has 3 rings (SSSR count). The molecule has 0 bridgehead atoms. The Hall–Kier alpha value is -2.37. The van der Waals surface area contributed by atoms with Crippen LogP contribution in [0.5, 0.6) is 0 Å². The molecule has 150 valence electrons. The first-order valence-electron chi connectivity index (χ1n) is 9.02. The Bertz CT molecular complexity index is 828. The summed E-state index contributed by atoms with van der Waals surface area (Å²) in [6.45, 7) is 3.28. The first kappa shape index (κ1) is 20.4. The van der Waals surface area contributed by atoms with Gasteiger partial charge in [-0.2, -0.15) is 0 Å². The van der Waals surface area contributed by atoms with Crippen LogP contribution in [0.1, 0.15) is 35.7 Å². The third kappa shape index (κ3) is 4.37. The number of piperidine rings is 1. The molecule has 0 aromatic heterocycles. The third-order valence-corrected chi connectivity index (χ3v) is 5.49. The van der Waals surface area contributed by atoms with Crippen molar-refractivity contribution in [2.45, 2.75) is 32.4 Å². The van der Waals surface area contributed by atoms with E-state index >= 15 is 0 Å². The summed E-state index contributed by atoms with van der Waals surface area (Å²) in [5.41, 5.74) is 2.25. The number of amides is 4. The van der Waals surface area contributed by atoms with Crippen molar-refractivity contribution in [2.24, 2.45) is 0 Å². The molecule has 10 heteroatoms. The van der Waals surface area contributed by atoms with Gasteiger partial charge < -0.3 is 20.3 Å². The molecule has 0 spiro atoms. The van der Waals surface area contributed by atoms with Gasteiger partial charge in [0.1, 0.15) is 6.04 Å². The lowest BCUT2D eigenvalue weighted by atomic mass is 10.0. The van der Waals surface area contributed by atoms with E-state index in [2.05, 4.69) is 38.5 Å². The van der Waals surface area contributed by atoms with Crippen LogP contribution in [0.3, 0.4) is 0 Å². The largest absolute Gasteiger partial charge is 0.450 e. The summed E-state index contributed by atoms with van der Waals surface area (Å²) >= 11 is 2.14. The number of fused-ring (bicyclic) bond motifs is 1. The van der Waals surface area contributed by atoms with Crippen LogP contribution in [-0.4, -0.2) is 54.5 Å². The molecule has 0 aliphatic carbocycles. The molecule has 9 nitrogen and oxygen atoms in total. The molecule has 1 fully saturated rings. The monoisotopic (exact) mass is 500 g/mol. The Labute approximate surface area is 175 Å². The number of rotatable bonds is 6. The fourth-order valence-corrected chi connectivity index (χ4v) is 3.93. The number of hydrogen-bond donors (Lipinski definition) is 3. The molecular weight excluding hydrogens is 479 g/mol. The smallest absolute Gasteiger partial charge is 0.407 e. The van der Waals surface area contributed by atoms with Crippen LogP contribution in [-0.2, 0) is 20.9 Å². The van der Waals surface area contributed by atoms with Crippen molar-refractivity contribution in [3.8, 4) is 0 Å². The second-order valence-electron chi connectivity index (χ2n) is 6.46. The van der Waals surface area contributed by atoms with Crippen LogP contribution < -0.4 is 16.0 Å². The predicted octanol–water partition coefficient (Wildman–Crippen LogP) is 1.21. The molecule has 4 amide bonds. The van der Waals surface area contributed by atoms with E-state index in [4.69, 9.17) is 4.74 Å². The minimum absolute atomic E-state index is 0.196. The Morgan fingerprint density at radius 3 is 2.82 bits per heavy atom. The summed E-state index contributed by atoms with van der Waals surface area (Å²) in [7, 11) is 0. The molecule has 0 saturated carbocycles. The van der Waals surface area contributed by atoms with Crippen molar-refractivity contribution >= 4 is 52.1 Å². The number of ether oxygens (including phenoxy) is 1. The van der Waals surface area contributed by atoms with E-state index in [9.17, 15) is 19.2 Å². The number of carbonyl (C=O) groups excluding carboxylic acids is 4. The zero-order chi connectivity index (χ0) is 20.3. The fourth-order valence-electron chi connectivity index (χ4n) is 3.27. The molecular formula is C18H21IN4O5. The lowest BCUT2D eigenvalue weighted by molar-refractivity contribution is -0.136. The molecule has 1 atom stereocenters. The van der Waals surface area contributed by atoms with E-state index in [0.29, 0.717) is 38.2 Å². The zero-order valence-corrected chi connectivity index (χ0v) is 17.5. The summed E-state index contributed by atoms with van der Waals surface area (Å²) < 4.78 is 5.67. The Morgan fingerprint density at radius 2 is 2.11 bits per heavy atom. The number of imide groups is 1. The van der Waals surface area contributed by atoms with Crippen LogP contribution in [0.2, 0.25) is 0 Å². The molecule has 2 aliphatic rings. The van der Waals surface area contributed by atoms with Gasteiger partial charge >= 0.3 is 6.09 Å². The first-order valence-corrected chi connectivity index (χ1v) is 10.1. The molecule has 28 heavy (non-hydrogen) atoms. The number of nitrogens with one attached hydrogen (secondary N) is 3. The van der Waals surface area contributed by atoms with E-state index < -0.39 is 18.0 Å². The van der Waals surface area contributed by atoms with Crippen molar-refractivity contribution in [2.75, 3.05) is 25.0 Å². The van der Waals surface area contributed by atoms with Crippen LogP contribution in [0.25, 0.3) is 0 Å². The standard InChI is InChI=1S/C18H21IN4O5/c1-2-28-18(27)21-6-5-20-13-7-10-9-23(17(26)11(10)8-12(13)19)14-3-4-15(24)22-16(14)25/h7-8,14,20H,2-6,9H2,1H3,(H,21,27)(H,22,24,25). The number of alkyl carbamates (subject to hydrolysis) is 1. The van der Waals surface area contributed by atoms with E-state index in [1.807, 2.05) is 6.07 Å². The van der Waals surface area contributed by atoms with Crippen molar-refractivity contribution in [1.29, 1.82) is 0 Å². The zero-order valence-electron chi connectivity index (χ0n) is 15.3. The molecule has 1 aromatic rings. The maximum absolute atomic E-state index is 12.8. The first-order chi connectivity index (χ1) is 13.4. The van der Waals surface area contributed by atoms with Crippen LogP contribution >= 0.6 is 22.6 Å². The maximum atomic E-state index is 12.8. The minimum atomic E-state index is -0.625. The van der Waals surface area contributed by atoms with E-state index in [1.54, 1.807) is 13.0 Å². The Morgan fingerprint density at radius 1 is 1.32 bits per heavy atom. The fraction of sp³-hybridized carbons (Fsp3) is 0.444. The highest BCUT2D eigenvalue weighted by molar-refractivity contribution is 14.1. The molecule has 3 N–H and O–H groups in total. The second kappa shape index (κ2) is 8.76. The van der Waals surface area contributed by atoms with E-state index in [-0.39, 0.29) is 18.2 Å². The highest BCUT2D eigenvalue weighted by Gasteiger charge is 2.39. The second-order valence-corrected chi connectivity index (χ2v) is 7.63. The van der Waals surface area contributed by atoms with Crippen molar-refractivity contribution in [3.05, 3.63) is 26.8 Å². The lowest BCUT2D eigenvalue weighted by Gasteiger charge is -2.29. The molecule has 2 heterocycles. The lowest BCUT2D eigenvalue weighted by Crippen LogP contribution is -2.52. The molecule has 1 unspecified atom stereocenters. The van der Waals surface area contributed by atoms with Crippen molar-refractivity contribution in [3.63, 3.8) is 0 Å². The van der Waals surface area contributed by atoms with Gasteiger partial charge in [-0.15, -0.1) is 0 Å². The van der Waals surface area contributed by atoms with Gasteiger partial charge in [-0.05, 0) is 53.6 Å². The average Bonchev–Trinajstić information content (AvgIpc) is 2.95. The summed E-state index contributed by atoms with van der Waals surface area (Å²) in [6, 6.07) is 3.07. The Balaban J connectivity index is 1.64. The number of halogens is 1. The molecule has 0 radical (unpaired) electrons. The van der Waals surface area contributed by atoms with Gasteiger partial charge in [0, 0.05) is 40.9 Å². The summed E-state index contributed by atoms with van der Waals surface area (Å²) in [5.74, 6) is -0.920. The summed E-state index contributed by atoms with van der Waals surface area (Å²) in [6.07, 6.45) is 0.110. The predicted molar refractivity (Wildman–Crippen MR) is 109 cm³/mol. The van der Waals surface area contributed by atoms with Crippen LogP contribution in [0, 0.1) is 3.57 Å². The SMILES string of the molecule is CCOC(=O)NCCNc1cc2c(cc1I)C(=O)N(C1CCC(=O)NC1=O)C2. The molecule has 1 saturated heterocycles. The summed E-state index contributed by atoms with van der Waals surface area (Å²) in [5, 5.41) is 8.16. The summed E-state index contributed by atoms with van der Waals surface area (Å²) in [4.78, 5) is 49.0. The normalized spacial score (nSPS) is 18.6. The average molecular weight is 500 g/mol.